The van der Waals surface area contributed by atoms with Gasteiger partial charge in [-0.3, -0.25) is 4.98 Å². The fourth-order valence-electron chi connectivity index (χ4n) is 3.17. The van der Waals surface area contributed by atoms with Crippen LogP contribution < -0.4 is 5.32 Å². The van der Waals surface area contributed by atoms with Crippen LogP contribution in [0.25, 0.3) is 0 Å². The summed E-state index contributed by atoms with van der Waals surface area (Å²) in [5.74, 6) is 0. The van der Waals surface area contributed by atoms with Crippen LogP contribution in [0.1, 0.15) is 51.5 Å². The molecule has 1 saturated carbocycles. The molecule has 0 aromatic carbocycles. The Morgan fingerprint density at radius 2 is 1.94 bits per heavy atom. The van der Waals surface area contributed by atoms with Crippen molar-refractivity contribution in [1.29, 1.82) is 0 Å². The minimum absolute atomic E-state index is 0.485. The van der Waals surface area contributed by atoms with E-state index in [9.17, 15) is 0 Å². The molecule has 1 fully saturated rings. The molecule has 0 radical (unpaired) electrons. The molecule has 1 N–H and O–H groups in total. The molecule has 2 nitrogen and oxygen atoms in total. The quantitative estimate of drug-likeness (QED) is 0.830. The van der Waals surface area contributed by atoms with Crippen molar-refractivity contribution in [2.75, 3.05) is 6.54 Å². The Labute approximate surface area is 111 Å². The van der Waals surface area contributed by atoms with E-state index in [4.69, 9.17) is 0 Å². The van der Waals surface area contributed by atoms with Gasteiger partial charge in [0, 0.05) is 18.4 Å². The molecule has 1 heterocycles. The first kappa shape index (κ1) is 13.5. The van der Waals surface area contributed by atoms with Gasteiger partial charge in [0.05, 0.1) is 0 Å². The van der Waals surface area contributed by atoms with Gasteiger partial charge in [-0.1, -0.05) is 26.7 Å². The monoisotopic (exact) mass is 246 g/mol. The van der Waals surface area contributed by atoms with Gasteiger partial charge in [0.1, 0.15) is 0 Å². The van der Waals surface area contributed by atoms with Crippen molar-refractivity contribution in [3.05, 3.63) is 30.1 Å². The second-order valence-corrected chi connectivity index (χ2v) is 5.93. The zero-order chi connectivity index (χ0) is 12.8. The Balaban J connectivity index is 2.05. The van der Waals surface area contributed by atoms with Crippen molar-refractivity contribution >= 4 is 0 Å². The summed E-state index contributed by atoms with van der Waals surface area (Å²) in [6.45, 7) is 5.84. The van der Waals surface area contributed by atoms with Crippen molar-refractivity contribution in [3.63, 3.8) is 0 Å². The van der Waals surface area contributed by atoms with E-state index in [1.165, 1.54) is 37.7 Å². The number of nitrogens with one attached hydrogen (secondary N) is 1. The number of hydrogen-bond donors (Lipinski definition) is 1. The van der Waals surface area contributed by atoms with Gasteiger partial charge in [-0.25, -0.2) is 0 Å². The molecule has 0 spiro atoms. The van der Waals surface area contributed by atoms with Crippen molar-refractivity contribution in [3.8, 4) is 0 Å². The second-order valence-electron chi connectivity index (χ2n) is 5.93. The highest BCUT2D eigenvalue weighted by molar-refractivity contribution is 5.13. The van der Waals surface area contributed by atoms with Gasteiger partial charge in [0.15, 0.2) is 0 Å². The van der Waals surface area contributed by atoms with Gasteiger partial charge in [-0.15, -0.1) is 0 Å². The summed E-state index contributed by atoms with van der Waals surface area (Å²) in [4.78, 5) is 4.11. The highest BCUT2D eigenvalue weighted by Gasteiger charge is 2.36. The molecule has 0 saturated heterocycles. The molecule has 2 rings (SSSR count). The maximum Gasteiger partial charge on any atom is 0.0270 e. The first-order valence-corrected chi connectivity index (χ1v) is 7.37. The Bertz CT molecular complexity index is 341. The second kappa shape index (κ2) is 6.33. The van der Waals surface area contributed by atoms with Crippen LogP contribution in [0.5, 0.6) is 0 Å². The fourth-order valence-corrected chi connectivity index (χ4v) is 3.17. The predicted octanol–water partition coefficient (Wildman–Crippen LogP) is 3.57. The summed E-state index contributed by atoms with van der Waals surface area (Å²) < 4.78 is 0. The van der Waals surface area contributed by atoms with Gasteiger partial charge in [0.2, 0.25) is 0 Å². The van der Waals surface area contributed by atoms with Gasteiger partial charge in [0.25, 0.3) is 0 Å². The molecule has 1 aromatic heterocycles. The molecule has 0 amide bonds. The number of rotatable bonds is 6. The summed E-state index contributed by atoms with van der Waals surface area (Å²) in [7, 11) is 0. The van der Waals surface area contributed by atoms with Crippen LogP contribution in [-0.2, 0) is 6.42 Å². The number of nitrogens with zero attached hydrogens (tertiary/aromatic N) is 1. The van der Waals surface area contributed by atoms with Gasteiger partial charge < -0.3 is 5.32 Å². The van der Waals surface area contributed by atoms with Crippen LogP contribution in [0.3, 0.4) is 0 Å². The summed E-state index contributed by atoms with van der Waals surface area (Å²) in [6, 6.07) is 4.92. The zero-order valence-corrected chi connectivity index (χ0v) is 11.8. The Morgan fingerprint density at radius 1 is 1.28 bits per heavy atom. The molecule has 100 valence electrons. The van der Waals surface area contributed by atoms with Gasteiger partial charge >= 0.3 is 0 Å². The van der Waals surface area contributed by atoms with E-state index in [1.807, 2.05) is 12.4 Å². The van der Waals surface area contributed by atoms with Crippen LogP contribution in [0.2, 0.25) is 0 Å². The highest BCUT2D eigenvalue weighted by Crippen LogP contribution is 2.41. The predicted molar refractivity (Wildman–Crippen MR) is 76.6 cm³/mol. The van der Waals surface area contributed by atoms with Crippen LogP contribution in [-0.4, -0.2) is 17.6 Å². The first-order chi connectivity index (χ1) is 8.74. The summed E-state index contributed by atoms with van der Waals surface area (Å²) in [6.07, 6.45) is 11.7. The summed E-state index contributed by atoms with van der Waals surface area (Å²) >= 11 is 0. The maximum absolute atomic E-state index is 4.11. The lowest BCUT2D eigenvalue weighted by Crippen LogP contribution is -2.44. The number of aromatic nitrogens is 1. The normalized spacial score (nSPS) is 19.9. The molecule has 1 aliphatic carbocycles. The molecule has 0 bridgehead atoms. The van der Waals surface area contributed by atoms with E-state index in [2.05, 4.69) is 36.3 Å². The van der Waals surface area contributed by atoms with Gasteiger partial charge in [-0.2, -0.15) is 0 Å². The van der Waals surface area contributed by atoms with E-state index in [0.29, 0.717) is 11.5 Å². The van der Waals surface area contributed by atoms with Crippen molar-refractivity contribution in [2.45, 2.75) is 58.4 Å². The lowest BCUT2D eigenvalue weighted by molar-refractivity contribution is 0.219. The average molecular weight is 246 g/mol. The molecule has 1 unspecified atom stereocenters. The lowest BCUT2D eigenvalue weighted by Gasteiger charge is -2.35. The smallest absolute Gasteiger partial charge is 0.0270 e. The lowest BCUT2D eigenvalue weighted by atomic mass is 9.78. The minimum atomic E-state index is 0.485. The molecule has 1 atom stereocenters. The SMILES string of the molecule is CCCNC(Cc1ccncc1)C1(C)CCCC1. The van der Waals surface area contributed by atoms with E-state index < -0.39 is 0 Å². The van der Waals surface area contributed by atoms with Crippen LogP contribution in [0.4, 0.5) is 0 Å². The Kier molecular flexibility index (Phi) is 4.76. The summed E-state index contributed by atoms with van der Waals surface area (Å²) in [5, 5.41) is 3.78. The topological polar surface area (TPSA) is 24.9 Å². The van der Waals surface area contributed by atoms with Crippen LogP contribution in [0.15, 0.2) is 24.5 Å². The van der Waals surface area contributed by atoms with Crippen LogP contribution >= 0.6 is 0 Å². The molecule has 1 aliphatic rings. The maximum atomic E-state index is 4.11. The molecular formula is C16H26N2. The third-order valence-electron chi connectivity index (χ3n) is 4.42. The molecule has 1 aromatic rings. The number of pyridine rings is 1. The van der Waals surface area contributed by atoms with Gasteiger partial charge in [-0.05, 0) is 55.3 Å². The largest absolute Gasteiger partial charge is 0.313 e. The van der Waals surface area contributed by atoms with E-state index >= 15 is 0 Å². The third kappa shape index (κ3) is 3.32. The van der Waals surface area contributed by atoms with E-state index in [-0.39, 0.29) is 0 Å². The van der Waals surface area contributed by atoms with Crippen LogP contribution in [0, 0.1) is 5.41 Å². The zero-order valence-electron chi connectivity index (χ0n) is 11.8. The summed E-state index contributed by atoms with van der Waals surface area (Å²) in [5.41, 5.74) is 1.89. The van der Waals surface area contributed by atoms with Crippen molar-refractivity contribution < 1.29 is 0 Å². The van der Waals surface area contributed by atoms with E-state index in [1.54, 1.807) is 0 Å². The molecular weight excluding hydrogens is 220 g/mol. The Hall–Kier alpha value is -0.890. The molecule has 0 aliphatic heterocycles. The fraction of sp³-hybridized carbons (Fsp3) is 0.688. The van der Waals surface area contributed by atoms with Crippen molar-refractivity contribution in [2.24, 2.45) is 5.41 Å². The highest BCUT2D eigenvalue weighted by atomic mass is 14.9. The first-order valence-electron chi connectivity index (χ1n) is 7.37. The number of hydrogen-bond acceptors (Lipinski definition) is 2. The third-order valence-corrected chi connectivity index (χ3v) is 4.42. The molecule has 18 heavy (non-hydrogen) atoms. The van der Waals surface area contributed by atoms with Crippen molar-refractivity contribution in [1.82, 2.24) is 10.3 Å². The Morgan fingerprint density at radius 3 is 2.56 bits per heavy atom. The average Bonchev–Trinajstić information content (AvgIpc) is 2.84. The minimum Gasteiger partial charge on any atom is -0.313 e. The standard InChI is InChI=1S/C16H26N2/c1-3-10-18-15(16(2)8-4-5-9-16)13-14-6-11-17-12-7-14/h6-7,11-12,15,18H,3-5,8-10,13H2,1-2H3. The molecule has 2 heteroatoms. The van der Waals surface area contributed by atoms with E-state index in [0.717, 1.165) is 13.0 Å².